The van der Waals surface area contributed by atoms with Gasteiger partial charge in [-0.25, -0.2) is 9.97 Å². The number of ether oxygens (including phenoxy) is 2. The predicted molar refractivity (Wildman–Crippen MR) is 74.9 cm³/mol. The van der Waals surface area contributed by atoms with Gasteiger partial charge in [0.2, 0.25) is 0 Å². The molecule has 1 aromatic heterocycles. The molecule has 1 aromatic carbocycles. The van der Waals surface area contributed by atoms with Crippen molar-refractivity contribution in [2.45, 2.75) is 6.92 Å². The van der Waals surface area contributed by atoms with Crippen LogP contribution in [0.2, 0.25) is 0 Å². The third kappa shape index (κ3) is 2.76. The molecule has 0 aliphatic carbocycles. The lowest BCUT2D eigenvalue weighted by Crippen LogP contribution is -2.00. The van der Waals surface area contributed by atoms with Crippen molar-refractivity contribution in [1.82, 2.24) is 9.97 Å². The number of aromatic nitrogens is 2. The maximum Gasteiger partial charge on any atom is 0.165 e. The maximum absolute atomic E-state index is 5.38. The maximum atomic E-state index is 5.38. The first kappa shape index (κ1) is 13.1. The van der Waals surface area contributed by atoms with Gasteiger partial charge >= 0.3 is 0 Å². The van der Waals surface area contributed by atoms with E-state index >= 15 is 0 Å². The zero-order valence-electron chi connectivity index (χ0n) is 11.5. The zero-order valence-corrected chi connectivity index (χ0v) is 11.5. The van der Waals surface area contributed by atoms with Crippen molar-refractivity contribution in [2.24, 2.45) is 0 Å². The molecule has 5 heteroatoms. The highest BCUT2D eigenvalue weighted by Crippen LogP contribution is 2.31. The Hall–Kier alpha value is -2.30. The summed E-state index contributed by atoms with van der Waals surface area (Å²) in [5.41, 5.74) is 1.73. The molecule has 0 aliphatic heterocycles. The number of anilines is 1. The summed E-state index contributed by atoms with van der Waals surface area (Å²) in [6.07, 6.45) is 0. The molecule has 19 heavy (non-hydrogen) atoms. The van der Waals surface area contributed by atoms with Gasteiger partial charge in [0, 0.05) is 24.9 Å². The highest BCUT2D eigenvalue weighted by atomic mass is 16.5. The van der Waals surface area contributed by atoms with E-state index in [0.717, 1.165) is 22.8 Å². The summed E-state index contributed by atoms with van der Waals surface area (Å²) in [6, 6.07) is 7.47. The molecule has 0 aliphatic rings. The second-order valence-corrected chi connectivity index (χ2v) is 4.03. The van der Waals surface area contributed by atoms with Gasteiger partial charge in [-0.15, -0.1) is 0 Å². The molecule has 5 nitrogen and oxygen atoms in total. The van der Waals surface area contributed by atoms with Crippen LogP contribution in [-0.4, -0.2) is 31.2 Å². The summed E-state index contributed by atoms with van der Waals surface area (Å²) < 4.78 is 10.6. The molecule has 100 valence electrons. The second-order valence-electron chi connectivity index (χ2n) is 4.03. The Kier molecular flexibility index (Phi) is 3.85. The van der Waals surface area contributed by atoms with E-state index in [1.54, 1.807) is 14.2 Å². The SMILES string of the molecule is CNc1cc(C)nc(-c2ccc(OC)cc2OC)n1. The molecular formula is C14H17N3O2. The number of benzene rings is 1. The number of aryl methyl sites for hydroxylation is 1. The third-order valence-corrected chi connectivity index (χ3v) is 2.76. The molecule has 0 spiro atoms. The predicted octanol–water partition coefficient (Wildman–Crippen LogP) is 2.51. The molecule has 1 heterocycles. The Morgan fingerprint density at radius 3 is 2.47 bits per heavy atom. The minimum atomic E-state index is 0.629. The molecule has 0 fully saturated rings. The molecule has 0 atom stereocenters. The first-order valence-corrected chi connectivity index (χ1v) is 5.93. The molecule has 0 unspecified atom stereocenters. The Morgan fingerprint density at radius 2 is 1.84 bits per heavy atom. The van der Waals surface area contributed by atoms with Crippen LogP contribution in [0.25, 0.3) is 11.4 Å². The number of nitrogens with zero attached hydrogens (tertiary/aromatic N) is 2. The molecule has 0 amide bonds. The smallest absolute Gasteiger partial charge is 0.165 e. The fraction of sp³-hybridized carbons (Fsp3) is 0.286. The topological polar surface area (TPSA) is 56.3 Å². The van der Waals surface area contributed by atoms with E-state index in [1.807, 2.05) is 38.2 Å². The lowest BCUT2D eigenvalue weighted by Gasteiger charge is -2.11. The summed E-state index contributed by atoms with van der Waals surface area (Å²) >= 11 is 0. The van der Waals surface area contributed by atoms with Gasteiger partial charge in [0.15, 0.2) is 5.82 Å². The van der Waals surface area contributed by atoms with Crippen LogP contribution >= 0.6 is 0 Å². The highest BCUT2D eigenvalue weighted by molar-refractivity contribution is 5.67. The number of hydrogen-bond acceptors (Lipinski definition) is 5. The van der Waals surface area contributed by atoms with Crippen molar-refractivity contribution in [1.29, 1.82) is 0 Å². The highest BCUT2D eigenvalue weighted by Gasteiger charge is 2.11. The summed E-state index contributed by atoms with van der Waals surface area (Å²) in [5, 5.41) is 3.02. The van der Waals surface area contributed by atoms with E-state index in [1.165, 1.54) is 0 Å². The van der Waals surface area contributed by atoms with Crippen molar-refractivity contribution < 1.29 is 9.47 Å². The molecule has 1 N–H and O–H groups in total. The minimum Gasteiger partial charge on any atom is -0.497 e. The molecule has 2 rings (SSSR count). The fourth-order valence-corrected chi connectivity index (χ4v) is 1.80. The third-order valence-electron chi connectivity index (χ3n) is 2.76. The standard InChI is InChI=1S/C14H17N3O2/c1-9-7-13(15-2)17-14(16-9)11-6-5-10(18-3)8-12(11)19-4/h5-8H,1-4H3,(H,15,16,17). The average molecular weight is 259 g/mol. The Balaban J connectivity index is 2.54. The van der Waals surface area contributed by atoms with E-state index in [-0.39, 0.29) is 0 Å². The molecular weight excluding hydrogens is 242 g/mol. The molecule has 0 bridgehead atoms. The Labute approximate surface area is 112 Å². The second kappa shape index (κ2) is 5.56. The minimum absolute atomic E-state index is 0.629. The number of rotatable bonds is 4. The zero-order chi connectivity index (χ0) is 13.8. The van der Waals surface area contributed by atoms with Crippen LogP contribution in [0.4, 0.5) is 5.82 Å². The lowest BCUT2D eigenvalue weighted by molar-refractivity contribution is 0.395. The first-order valence-electron chi connectivity index (χ1n) is 5.93. The summed E-state index contributed by atoms with van der Waals surface area (Å²) in [5.74, 6) is 2.83. The summed E-state index contributed by atoms with van der Waals surface area (Å²) in [4.78, 5) is 8.89. The molecule has 2 aromatic rings. The first-order chi connectivity index (χ1) is 9.17. The lowest BCUT2D eigenvalue weighted by atomic mass is 10.1. The van der Waals surface area contributed by atoms with Gasteiger partial charge in [-0.3, -0.25) is 0 Å². The quantitative estimate of drug-likeness (QED) is 0.914. The molecule has 0 radical (unpaired) electrons. The van der Waals surface area contributed by atoms with Gasteiger partial charge < -0.3 is 14.8 Å². The van der Waals surface area contributed by atoms with Crippen molar-refractivity contribution in [3.05, 3.63) is 30.0 Å². The van der Waals surface area contributed by atoms with Gasteiger partial charge in [-0.05, 0) is 19.1 Å². The van der Waals surface area contributed by atoms with E-state index in [0.29, 0.717) is 11.6 Å². The van der Waals surface area contributed by atoms with Gasteiger partial charge in [0.25, 0.3) is 0 Å². The normalized spacial score (nSPS) is 10.1. The number of hydrogen-bond donors (Lipinski definition) is 1. The number of methoxy groups -OCH3 is 2. The molecule has 0 saturated carbocycles. The van der Waals surface area contributed by atoms with E-state index in [9.17, 15) is 0 Å². The van der Waals surface area contributed by atoms with Crippen LogP contribution in [0, 0.1) is 6.92 Å². The molecule has 0 saturated heterocycles. The van der Waals surface area contributed by atoms with Crippen LogP contribution in [-0.2, 0) is 0 Å². The van der Waals surface area contributed by atoms with Crippen molar-refractivity contribution >= 4 is 5.82 Å². The van der Waals surface area contributed by atoms with Crippen molar-refractivity contribution in [3.63, 3.8) is 0 Å². The van der Waals surface area contributed by atoms with E-state index < -0.39 is 0 Å². The Bertz CT molecular complexity index is 585. The van der Waals surface area contributed by atoms with E-state index in [4.69, 9.17) is 9.47 Å². The van der Waals surface area contributed by atoms with Crippen molar-refractivity contribution in [3.8, 4) is 22.9 Å². The van der Waals surface area contributed by atoms with Crippen LogP contribution in [0.1, 0.15) is 5.69 Å². The van der Waals surface area contributed by atoms with Crippen LogP contribution < -0.4 is 14.8 Å². The fourth-order valence-electron chi connectivity index (χ4n) is 1.80. The van der Waals surface area contributed by atoms with Gasteiger partial charge in [-0.2, -0.15) is 0 Å². The number of nitrogens with one attached hydrogen (secondary N) is 1. The van der Waals surface area contributed by atoms with Crippen LogP contribution in [0.5, 0.6) is 11.5 Å². The van der Waals surface area contributed by atoms with Gasteiger partial charge in [0.1, 0.15) is 17.3 Å². The summed E-state index contributed by atoms with van der Waals surface area (Å²) in [6.45, 7) is 1.93. The van der Waals surface area contributed by atoms with Crippen molar-refractivity contribution in [2.75, 3.05) is 26.6 Å². The summed E-state index contributed by atoms with van der Waals surface area (Å²) in [7, 11) is 5.07. The van der Waals surface area contributed by atoms with Gasteiger partial charge in [-0.1, -0.05) is 0 Å². The Morgan fingerprint density at radius 1 is 1.05 bits per heavy atom. The van der Waals surface area contributed by atoms with Gasteiger partial charge in [0.05, 0.1) is 19.8 Å². The van der Waals surface area contributed by atoms with E-state index in [2.05, 4.69) is 15.3 Å². The van der Waals surface area contributed by atoms with Crippen LogP contribution in [0.15, 0.2) is 24.3 Å². The monoisotopic (exact) mass is 259 g/mol. The average Bonchev–Trinajstić information content (AvgIpc) is 2.45. The van der Waals surface area contributed by atoms with Crippen LogP contribution in [0.3, 0.4) is 0 Å². The largest absolute Gasteiger partial charge is 0.497 e.